The van der Waals surface area contributed by atoms with Gasteiger partial charge in [0, 0.05) is 17.6 Å². The SMILES string of the molecule is CCNC(=NCCOc1cccc(Br)c1)NCC. The van der Waals surface area contributed by atoms with Crippen molar-refractivity contribution < 1.29 is 4.74 Å². The molecule has 2 N–H and O–H groups in total. The van der Waals surface area contributed by atoms with Crippen LogP contribution in [0.1, 0.15) is 13.8 Å². The molecule has 1 aromatic rings. The highest BCUT2D eigenvalue weighted by molar-refractivity contribution is 9.10. The number of ether oxygens (including phenoxy) is 1. The van der Waals surface area contributed by atoms with E-state index < -0.39 is 0 Å². The quantitative estimate of drug-likeness (QED) is 0.481. The molecule has 0 aliphatic rings. The summed E-state index contributed by atoms with van der Waals surface area (Å²) < 4.78 is 6.62. The molecule has 0 bridgehead atoms. The van der Waals surface area contributed by atoms with Crippen LogP contribution in [0.4, 0.5) is 0 Å². The van der Waals surface area contributed by atoms with Crippen molar-refractivity contribution in [2.75, 3.05) is 26.2 Å². The van der Waals surface area contributed by atoms with Crippen LogP contribution in [0.15, 0.2) is 33.7 Å². The van der Waals surface area contributed by atoms with E-state index in [4.69, 9.17) is 4.74 Å². The molecule has 0 atom stereocenters. The van der Waals surface area contributed by atoms with Crippen LogP contribution in [-0.4, -0.2) is 32.2 Å². The Balaban J connectivity index is 2.34. The van der Waals surface area contributed by atoms with Crippen molar-refractivity contribution in [2.24, 2.45) is 4.99 Å². The predicted molar refractivity (Wildman–Crippen MR) is 79.3 cm³/mol. The predicted octanol–water partition coefficient (Wildman–Crippen LogP) is 2.40. The summed E-state index contributed by atoms with van der Waals surface area (Å²) in [6.07, 6.45) is 0. The zero-order valence-corrected chi connectivity index (χ0v) is 12.5. The molecule has 0 spiro atoms. The molecule has 100 valence electrons. The van der Waals surface area contributed by atoms with Gasteiger partial charge in [-0.2, -0.15) is 0 Å². The Morgan fingerprint density at radius 2 is 2.00 bits per heavy atom. The summed E-state index contributed by atoms with van der Waals surface area (Å²) in [4.78, 5) is 4.40. The molecule has 0 aromatic heterocycles. The molecule has 0 fully saturated rings. The molecule has 0 unspecified atom stereocenters. The molecule has 0 radical (unpaired) electrons. The lowest BCUT2D eigenvalue weighted by molar-refractivity contribution is 0.328. The molecule has 1 rings (SSSR count). The largest absolute Gasteiger partial charge is 0.492 e. The number of rotatable bonds is 6. The molecule has 0 saturated carbocycles. The summed E-state index contributed by atoms with van der Waals surface area (Å²) >= 11 is 3.41. The maximum absolute atomic E-state index is 5.60. The lowest BCUT2D eigenvalue weighted by atomic mass is 10.3. The van der Waals surface area contributed by atoms with Gasteiger partial charge in [-0.05, 0) is 32.0 Å². The number of nitrogens with one attached hydrogen (secondary N) is 2. The lowest BCUT2D eigenvalue weighted by Crippen LogP contribution is -2.37. The van der Waals surface area contributed by atoms with Crippen molar-refractivity contribution in [1.82, 2.24) is 10.6 Å². The highest BCUT2D eigenvalue weighted by Crippen LogP contribution is 2.17. The smallest absolute Gasteiger partial charge is 0.191 e. The van der Waals surface area contributed by atoms with E-state index >= 15 is 0 Å². The molecule has 0 amide bonds. The highest BCUT2D eigenvalue weighted by atomic mass is 79.9. The molecular formula is C13H20BrN3O. The minimum absolute atomic E-state index is 0.566. The number of hydrogen-bond acceptors (Lipinski definition) is 2. The van der Waals surface area contributed by atoms with E-state index in [0.717, 1.165) is 29.3 Å². The van der Waals surface area contributed by atoms with Gasteiger partial charge in [0.05, 0.1) is 6.54 Å². The molecule has 0 heterocycles. The number of benzene rings is 1. The first-order valence-corrected chi connectivity index (χ1v) is 6.96. The van der Waals surface area contributed by atoms with Crippen LogP contribution in [0.2, 0.25) is 0 Å². The zero-order chi connectivity index (χ0) is 13.2. The standard InChI is InChI=1S/C13H20BrN3O/c1-3-15-13(16-4-2)17-8-9-18-12-7-5-6-11(14)10-12/h5-7,10H,3-4,8-9H2,1-2H3,(H2,15,16,17). The molecule has 1 aromatic carbocycles. The van der Waals surface area contributed by atoms with Crippen LogP contribution in [0.3, 0.4) is 0 Å². The number of hydrogen-bond donors (Lipinski definition) is 2. The Labute approximate surface area is 117 Å². The van der Waals surface area contributed by atoms with Crippen LogP contribution in [0, 0.1) is 0 Å². The van der Waals surface area contributed by atoms with Gasteiger partial charge in [0.2, 0.25) is 0 Å². The number of aliphatic imine (C=N–C) groups is 1. The Kier molecular flexibility index (Phi) is 7.25. The van der Waals surface area contributed by atoms with Gasteiger partial charge in [0.1, 0.15) is 12.4 Å². The van der Waals surface area contributed by atoms with E-state index in [2.05, 4.69) is 31.6 Å². The zero-order valence-electron chi connectivity index (χ0n) is 10.9. The molecule has 0 aliphatic heterocycles. The van der Waals surface area contributed by atoms with Crippen LogP contribution in [-0.2, 0) is 0 Å². The van der Waals surface area contributed by atoms with Crippen molar-refractivity contribution in [3.63, 3.8) is 0 Å². The highest BCUT2D eigenvalue weighted by Gasteiger charge is 1.96. The fraction of sp³-hybridized carbons (Fsp3) is 0.462. The van der Waals surface area contributed by atoms with Crippen molar-refractivity contribution in [2.45, 2.75) is 13.8 Å². The van der Waals surface area contributed by atoms with E-state index in [1.165, 1.54) is 0 Å². The van der Waals surface area contributed by atoms with E-state index in [0.29, 0.717) is 13.2 Å². The summed E-state index contributed by atoms with van der Waals surface area (Å²) in [6.45, 7) is 7.00. The van der Waals surface area contributed by atoms with Crippen LogP contribution >= 0.6 is 15.9 Å². The Bertz CT molecular complexity index is 374. The topological polar surface area (TPSA) is 45.7 Å². The normalized spacial score (nSPS) is 9.72. The lowest BCUT2D eigenvalue weighted by Gasteiger charge is -2.09. The van der Waals surface area contributed by atoms with Gasteiger partial charge in [-0.1, -0.05) is 22.0 Å². The van der Waals surface area contributed by atoms with Crippen molar-refractivity contribution in [1.29, 1.82) is 0 Å². The second kappa shape index (κ2) is 8.80. The van der Waals surface area contributed by atoms with Gasteiger partial charge in [0.25, 0.3) is 0 Å². The first-order valence-electron chi connectivity index (χ1n) is 6.16. The van der Waals surface area contributed by atoms with Crippen molar-refractivity contribution >= 4 is 21.9 Å². The Hall–Kier alpha value is -1.23. The third-order valence-corrected chi connectivity index (χ3v) is 2.61. The fourth-order valence-corrected chi connectivity index (χ4v) is 1.77. The van der Waals surface area contributed by atoms with E-state index in [-0.39, 0.29) is 0 Å². The Morgan fingerprint density at radius 3 is 2.61 bits per heavy atom. The average molecular weight is 314 g/mol. The molecule has 18 heavy (non-hydrogen) atoms. The maximum atomic E-state index is 5.60. The summed E-state index contributed by atoms with van der Waals surface area (Å²) in [6, 6.07) is 7.80. The summed E-state index contributed by atoms with van der Waals surface area (Å²) in [5, 5.41) is 6.33. The minimum Gasteiger partial charge on any atom is -0.492 e. The molecular weight excluding hydrogens is 294 g/mol. The molecule has 0 saturated heterocycles. The van der Waals surface area contributed by atoms with E-state index in [1.54, 1.807) is 0 Å². The fourth-order valence-electron chi connectivity index (χ4n) is 1.39. The Morgan fingerprint density at radius 1 is 1.28 bits per heavy atom. The van der Waals surface area contributed by atoms with Gasteiger partial charge >= 0.3 is 0 Å². The third-order valence-electron chi connectivity index (χ3n) is 2.11. The van der Waals surface area contributed by atoms with Crippen LogP contribution in [0.5, 0.6) is 5.75 Å². The minimum atomic E-state index is 0.566. The molecule has 0 aliphatic carbocycles. The van der Waals surface area contributed by atoms with Crippen LogP contribution in [0.25, 0.3) is 0 Å². The van der Waals surface area contributed by atoms with Gasteiger partial charge < -0.3 is 15.4 Å². The number of halogens is 1. The van der Waals surface area contributed by atoms with Crippen LogP contribution < -0.4 is 15.4 Å². The first-order chi connectivity index (χ1) is 8.76. The number of guanidine groups is 1. The van der Waals surface area contributed by atoms with Gasteiger partial charge in [-0.3, -0.25) is 0 Å². The number of nitrogens with zero attached hydrogens (tertiary/aromatic N) is 1. The van der Waals surface area contributed by atoms with Crippen molar-refractivity contribution in [3.05, 3.63) is 28.7 Å². The third kappa shape index (κ3) is 5.91. The van der Waals surface area contributed by atoms with Gasteiger partial charge in [0.15, 0.2) is 5.96 Å². The second-order valence-corrected chi connectivity index (χ2v) is 4.51. The summed E-state index contributed by atoms with van der Waals surface area (Å²) in [5.74, 6) is 1.69. The molecule has 5 heteroatoms. The van der Waals surface area contributed by atoms with Gasteiger partial charge in [-0.15, -0.1) is 0 Å². The first kappa shape index (κ1) is 14.8. The summed E-state index contributed by atoms with van der Waals surface area (Å²) in [5.41, 5.74) is 0. The average Bonchev–Trinajstić information content (AvgIpc) is 2.35. The monoisotopic (exact) mass is 313 g/mol. The molecule has 4 nitrogen and oxygen atoms in total. The second-order valence-electron chi connectivity index (χ2n) is 3.60. The maximum Gasteiger partial charge on any atom is 0.191 e. The summed E-state index contributed by atoms with van der Waals surface area (Å²) in [7, 11) is 0. The van der Waals surface area contributed by atoms with E-state index in [1.807, 2.05) is 38.1 Å². The van der Waals surface area contributed by atoms with E-state index in [9.17, 15) is 0 Å². The van der Waals surface area contributed by atoms with Gasteiger partial charge in [-0.25, -0.2) is 4.99 Å². The van der Waals surface area contributed by atoms with Crippen molar-refractivity contribution in [3.8, 4) is 5.75 Å².